The third kappa shape index (κ3) is 2.62. The fraction of sp³-hybridized carbons (Fsp3) is 0.250. The van der Waals surface area contributed by atoms with Gasteiger partial charge in [0, 0.05) is 18.3 Å². The minimum Gasteiger partial charge on any atom is -0.326 e. The van der Waals surface area contributed by atoms with Gasteiger partial charge in [0.25, 0.3) is 0 Å². The summed E-state index contributed by atoms with van der Waals surface area (Å²) < 4.78 is 0.728. The number of pyridine rings is 1. The van der Waals surface area contributed by atoms with Crippen molar-refractivity contribution in [3.63, 3.8) is 0 Å². The molecule has 3 nitrogen and oxygen atoms in total. The maximum Gasteiger partial charge on any atom is 0.221 e. The first-order valence-corrected chi connectivity index (χ1v) is 4.29. The molecule has 0 aliphatic carbocycles. The molecule has 0 aliphatic rings. The van der Waals surface area contributed by atoms with Crippen molar-refractivity contribution in [3.05, 3.63) is 22.4 Å². The van der Waals surface area contributed by atoms with E-state index < -0.39 is 0 Å². The smallest absolute Gasteiger partial charge is 0.221 e. The zero-order valence-corrected chi connectivity index (χ0v) is 8.47. The molecule has 0 atom stereocenters. The molecule has 1 aromatic heterocycles. The van der Waals surface area contributed by atoms with Gasteiger partial charge in [0.1, 0.15) is 4.60 Å². The third-order valence-corrected chi connectivity index (χ3v) is 1.65. The van der Waals surface area contributed by atoms with Crippen LogP contribution in [0.25, 0.3) is 0 Å². The van der Waals surface area contributed by atoms with Crippen molar-refractivity contribution in [2.75, 3.05) is 5.32 Å². The number of nitrogens with zero attached hydrogens (tertiary/aromatic N) is 1. The molecule has 0 aromatic carbocycles. The number of amides is 1. The van der Waals surface area contributed by atoms with Gasteiger partial charge in [-0.3, -0.25) is 4.79 Å². The average Bonchev–Trinajstić information content (AvgIpc) is 1.81. The van der Waals surface area contributed by atoms with E-state index in [-0.39, 0.29) is 5.91 Å². The van der Waals surface area contributed by atoms with Crippen LogP contribution in [0.5, 0.6) is 0 Å². The lowest BCUT2D eigenvalue weighted by Gasteiger charge is -2.02. The van der Waals surface area contributed by atoms with Gasteiger partial charge in [-0.15, -0.1) is 0 Å². The standard InChI is InChI=1S/C8H9BrN2O/c1-5-3-7(11-6(2)12)4-8(9)10-5/h3-4H,1-2H3,(H,10,11,12). The fourth-order valence-corrected chi connectivity index (χ4v) is 1.43. The molecule has 1 rings (SSSR count). The van der Waals surface area contributed by atoms with E-state index in [0.717, 1.165) is 16.0 Å². The SMILES string of the molecule is CC(=O)Nc1cc(C)nc(Br)c1. The minimum absolute atomic E-state index is 0.0764. The van der Waals surface area contributed by atoms with Crippen molar-refractivity contribution in [2.45, 2.75) is 13.8 Å². The van der Waals surface area contributed by atoms with Crippen LogP contribution in [-0.4, -0.2) is 10.9 Å². The summed E-state index contributed by atoms with van der Waals surface area (Å²) in [6.07, 6.45) is 0. The van der Waals surface area contributed by atoms with Gasteiger partial charge in [-0.2, -0.15) is 0 Å². The van der Waals surface area contributed by atoms with E-state index in [2.05, 4.69) is 26.2 Å². The van der Waals surface area contributed by atoms with Gasteiger partial charge >= 0.3 is 0 Å². The number of aromatic nitrogens is 1. The van der Waals surface area contributed by atoms with Crippen molar-refractivity contribution in [1.29, 1.82) is 0 Å². The van der Waals surface area contributed by atoms with Crippen LogP contribution in [0.4, 0.5) is 5.69 Å². The summed E-state index contributed by atoms with van der Waals surface area (Å²) in [5.41, 5.74) is 1.63. The van der Waals surface area contributed by atoms with Gasteiger partial charge in [-0.25, -0.2) is 4.98 Å². The van der Waals surface area contributed by atoms with Gasteiger partial charge < -0.3 is 5.32 Å². The molecule has 0 fully saturated rings. The molecule has 0 aliphatic heterocycles. The normalized spacial score (nSPS) is 9.58. The predicted octanol–water partition coefficient (Wildman–Crippen LogP) is 2.11. The zero-order chi connectivity index (χ0) is 9.14. The van der Waals surface area contributed by atoms with Crippen LogP contribution in [-0.2, 0) is 4.79 Å². The molecular formula is C8H9BrN2O. The van der Waals surface area contributed by atoms with Gasteiger partial charge in [-0.1, -0.05) is 0 Å². The van der Waals surface area contributed by atoms with E-state index in [4.69, 9.17) is 0 Å². The Hall–Kier alpha value is -0.900. The number of hydrogen-bond acceptors (Lipinski definition) is 2. The second-order valence-corrected chi connectivity index (χ2v) is 3.31. The molecule has 0 bridgehead atoms. The molecule has 1 aromatic rings. The lowest BCUT2D eigenvalue weighted by Crippen LogP contribution is -2.06. The Morgan fingerprint density at radius 1 is 1.58 bits per heavy atom. The Morgan fingerprint density at radius 3 is 2.75 bits per heavy atom. The molecule has 0 unspecified atom stereocenters. The lowest BCUT2D eigenvalue weighted by molar-refractivity contribution is -0.114. The summed E-state index contributed by atoms with van der Waals surface area (Å²) in [4.78, 5) is 14.8. The molecule has 0 saturated heterocycles. The monoisotopic (exact) mass is 228 g/mol. The highest BCUT2D eigenvalue weighted by atomic mass is 79.9. The molecule has 1 N–H and O–H groups in total. The van der Waals surface area contributed by atoms with E-state index in [1.807, 2.05) is 13.0 Å². The van der Waals surface area contributed by atoms with Crippen molar-refractivity contribution in [2.24, 2.45) is 0 Å². The van der Waals surface area contributed by atoms with Crippen LogP contribution in [0.15, 0.2) is 16.7 Å². The molecular weight excluding hydrogens is 220 g/mol. The summed E-state index contributed by atoms with van der Waals surface area (Å²) in [5, 5.41) is 2.68. The number of nitrogens with one attached hydrogen (secondary N) is 1. The Bertz CT molecular complexity index is 292. The quantitative estimate of drug-likeness (QED) is 0.749. The first kappa shape index (κ1) is 9.19. The van der Waals surface area contributed by atoms with Crippen LogP contribution in [0, 0.1) is 6.92 Å². The minimum atomic E-state index is -0.0764. The lowest BCUT2D eigenvalue weighted by atomic mass is 10.3. The first-order chi connectivity index (χ1) is 5.58. The summed E-state index contributed by atoms with van der Waals surface area (Å²) >= 11 is 3.24. The molecule has 12 heavy (non-hydrogen) atoms. The highest BCUT2D eigenvalue weighted by molar-refractivity contribution is 9.10. The predicted molar refractivity (Wildman–Crippen MR) is 51.0 cm³/mol. The van der Waals surface area contributed by atoms with Crippen LogP contribution in [0.2, 0.25) is 0 Å². The van der Waals surface area contributed by atoms with Crippen LogP contribution in [0.1, 0.15) is 12.6 Å². The highest BCUT2D eigenvalue weighted by Crippen LogP contribution is 2.15. The second-order valence-electron chi connectivity index (χ2n) is 2.50. The van der Waals surface area contributed by atoms with Crippen molar-refractivity contribution >= 4 is 27.5 Å². The number of anilines is 1. The van der Waals surface area contributed by atoms with Crippen LogP contribution in [0.3, 0.4) is 0 Å². The molecule has 0 saturated carbocycles. The molecule has 1 amide bonds. The Kier molecular flexibility index (Phi) is 2.81. The Labute approximate surface area is 79.3 Å². The second kappa shape index (κ2) is 3.67. The average molecular weight is 229 g/mol. The molecule has 1 heterocycles. The number of rotatable bonds is 1. The number of halogens is 1. The van der Waals surface area contributed by atoms with E-state index in [0.29, 0.717) is 0 Å². The van der Waals surface area contributed by atoms with E-state index in [1.54, 1.807) is 6.07 Å². The summed E-state index contributed by atoms with van der Waals surface area (Å²) in [5.74, 6) is -0.0764. The number of aryl methyl sites for hydroxylation is 1. The topological polar surface area (TPSA) is 42.0 Å². The molecule has 0 radical (unpaired) electrons. The molecule has 4 heteroatoms. The fourth-order valence-electron chi connectivity index (χ4n) is 0.903. The summed E-state index contributed by atoms with van der Waals surface area (Å²) in [7, 11) is 0. The summed E-state index contributed by atoms with van der Waals surface area (Å²) in [6, 6.07) is 3.57. The number of hydrogen-bond donors (Lipinski definition) is 1. The molecule has 64 valence electrons. The Balaban J connectivity index is 2.93. The van der Waals surface area contributed by atoms with Crippen LogP contribution < -0.4 is 5.32 Å². The highest BCUT2D eigenvalue weighted by Gasteiger charge is 1.98. The third-order valence-electron chi connectivity index (χ3n) is 1.24. The zero-order valence-electron chi connectivity index (χ0n) is 6.89. The number of carbonyl (C=O) groups excluding carboxylic acids is 1. The van der Waals surface area contributed by atoms with Crippen molar-refractivity contribution < 1.29 is 4.79 Å². The van der Waals surface area contributed by atoms with Crippen molar-refractivity contribution in [3.8, 4) is 0 Å². The maximum atomic E-state index is 10.7. The largest absolute Gasteiger partial charge is 0.326 e. The van der Waals surface area contributed by atoms with E-state index >= 15 is 0 Å². The van der Waals surface area contributed by atoms with Gasteiger partial charge in [0.15, 0.2) is 0 Å². The van der Waals surface area contributed by atoms with Gasteiger partial charge in [-0.05, 0) is 35.0 Å². The first-order valence-electron chi connectivity index (χ1n) is 3.50. The Morgan fingerprint density at radius 2 is 2.25 bits per heavy atom. The van der Waals surface area contributed by atoms with Crippen LogP contribution >= 0.6 is 15.9 Å². The van der Waals surface area contributed by atoms with E-state index in [1.165, 1.54) is 6.92 Å². The van der Waals surface area contributed by atoms with Gasteiger partial charge in [0.05, 0.1) is 0 Å². The number of carbonyl (C=O) groups is 1. The van der Waals surface area contributed by atoms with Gasteiger partial charge in [0.2, 0.25) is 5.91 Å². The maximum absolute atomic E-state index is 10.7. The summed E-state index contributed by atoms with van der Waals surface area (Å²) in [6.45, 7) is 3.35. The van der Waals surface area contributed by atoms with Crippen molar-refractivity contribution in [1.82, 2.24) is 4.98 Å². The van der Waals surface area contributed by atoms with E-state index in [9.17, 15) is 4.79 Å². The molecule has 0 spiro atoms.